The van der Waals surface area contributed by atoms with Gasteiger partial charge in [0.15, 0.2) is 0 Å². The van der Waals surface area contributed by atoms with E-state index in [0.29, 0.717) is 0 Å². The molecule has 0 radical (unpaired) electrons. The van der Waals surface area contributed by atoms with Gasteiger partial charge in [0, 0.05) is 0 Å². The number of nitrogens with two attached hydrogens (primary N) is 2. The summed E-state index contributed by atoms with van der Waals surface area (Å²) in [6, 6.07) is 0. The third-order valence-electron chi connectivity index (χ3n) is 16.1. The summed E-state index contributed by atoms with van der Waals surface area (Å²) < 4.78 is 1.67. The summed E-state index contributed by atoms with van der Waals surface area (Å²) in [5, 5.41) is 0. The molecular weight excluding hydrogens is 228 g/mol. The molecule has 10 saturated heterocycles. The van der Waals surface area contributed by atoms with Crippen molar-refractivity contribution in [3.8, 4) is 0 Å². The van der Waals surface area contributed by atoms with Gasteiger partial charge >= 0.3 is 78.2 Å². The maximum absolute atomic E-state index is 6.35. The molecule has 4 unspecified atom stereocenters. The van der Waals surface area contributed by atoms with Gasteiger partial charge in [-0.05, 0) is 0 Å². The van der Waals surface area contributed by atoms with Crippen molar-refractivity contribution in [1.29, 1.82) is 0 Å². The second-order valence-electron chi connectivity index (χ2n) is 10.5. The monoisotopic (exact) mass is 244 g/mol. The number of rotatable bonds is 2. The van der Waals surface area contributed by atoms with Crippen LogP contribution in [0, 0.1) is 0 Å². The van der Waals surface area contributed by atoms with Crippen LogP contribution in [0.4, 0.5) is 0 Å². The minimum absolute atomic E-state index is 0.834. The normalized spacial score (nSPS) is 139. The van der Waals surface area contributed by atoms with Gasteiger partial charge in [-0.25, -0.2) is 0 Å². The Morgan fingerprint density at radius 1 is 0.733 bits per heavy atom. The van der Waals surface area contributed by atoms with Gasteiger partial charge in [0.1, 0.15) is 0 Å². The molecule has 0 aliphatic carbocycles. The molecule has 2 nitrogen and oxygen atoms in total. The Labute approximate surface area is 78.4 Å². The summed E-state index contributed by atoms with van der Waals surface area (Å²) >= 11 is 0. The molecule has 10 aliphatic heterocycles. The molecule has 4 N–H and O–H groups in total. The van der Waals surface area contributed by atoms with Crippen LogP contribution >= 0.6 is 0 Å². The third kappa shape index (κ3) is 0.0410. The molecule has 4 atom stereocenters. The van der Waals surface area contributed by atoms with E-state index < -0.39 is 6.51 Å². The fraction of sp³-hybridized carbons (Fsp3) is 1.00. The van der Waals surface area contributed by atoms with Crippen molar-refractivity contribution in [2.24, 2.45) is 11.5 Å². The summed E-state index contributed by atoms with van der Waals surface area (Å²) in [5.41, 5.74) is 12.7. The van der Waals surface area contributed by atoms with Crippen LogP contribution in [0.2, 0.25) is 47.2 Å². The zero-order valence-electron chi connectivity index (χ0n) is 8.54. The van der Waals surface area contributed by atoms with E-state index in [-0.39, 0.29) is 0 Å². The van der Waals surface area contributed by atoms with Crippen LogP contribution < -0.4 is 11.5 Å². The molecule has 0 aromatic rings. The van der Waals surface area contributed by atoms with Crippen molar-refractivity contribution in [3.05, 3.63) is 0 Å². The molecule has 10 fully saturated rings. The molecule has 15 heavy (non-hydrogen) atoms. The first kappa shape index (κ1) is 5.39. The number of hydrogen-bond donors (Lipinski definition) is 2. The SMILES string of the molecule is NC[C]12[CH]3[CH]4[CH]5[C]1(CN)[Fe]43521678[CH]2[CH]1[CH]6[CH]7[CH]28. The third-order valence-corrected chi connectivity index (χ3v) is 60.2. The Kier molecular flexibility index (Phi) is 0.135. The summed E-state index contributed by atoms with van der Waals surface area (Å²) in [4.78, 5) is 10.9. The zero-order chi connectivity index (χ0) is 9.35. The van der Waals surface area contributed by atoms with Crippen molar-refractivity contribution in [2.45, 2.75) is 47.2 Å². The molecule has 3 heteroatoms. The average Bonchev–Trinajstić information content (AvgIpc) is 3.21. The van der Waals surface area contributed by atoms with E-state index in [2.05, 4.69) is 0 Å². The number of hydrogen-bond acceptors (Lipinski definition) is 2. The quantitative estimate of drug-likeness (QED) is 0.730. The predicted octanol–water partition coefficient (Wildman–Crippen LogP) is 2.03. The molecule has 0 aromatic heterocycles. The van der Waals surface area contributed by atoms with Crippen LogP contribution in [-0.2, 0) is 6.51 Å². The predicted molar refractivity (Wildman–Crippen MR) is 53.5 cm³/mol. The fourth-order valence-corrected chi connectivity index (χ4v) is 96.0. The summed E-state index contributed by atoms with van der Waals surface area (Å²) in [5.74, 6) is 0. The summed E-state index contributed by atoms with van der Waals surface area (Å²) in [7, 11) is 0. The molecule has 0 bridgehead atoms. The van der Waals surface area contributed by atoms with Gasteiger partial charge in [-0.2, -0.15) is 0 Å². The van der Waals surface area contributed by atoms with E-state index in [9.17, 15) is 0 Å². The molecule has 0 saturated carbocycles. The van der Waals surface area contributed by atoms with Crippen LogP contribution in [0.25, 0.3) is 0 Å². The van der Waals surface area contributed by atoms with Crippen molar-refractivity contribution in [3.63, 3.8) is 0 Å². The summed E-state index contributed by atoms with van der Waals surface area (Å²) in [6.45, 7) is -0.791. The van der Waals surface area contributed by atoms with Crippen LogP contribution in [0.5, 0.6) is 0 Å². The van der Waals surface area contributed by atoms with Crippen LogP contribution in [0.3, 0.4) is 0 Å². The first-order valence-electron chi connectivity index (χ1n) is 6.67. The van der Waals surface area contributed by atoms with E-state index in [4.69, 9.17) is 11.5 Å². The molecule has 10 rings (SSSR count). The van der Waals surface area contributed by atoms with Crippen LogP contribution in [-0.4, -0.2) is 13.1 Å². The molecule has 82 valence electrons. The van der Waals surface area contributed by atoms with E-state index in [1.54, 1.807) is 0 Å². The Morgan fingerprint density at radius 3 is 1.27 bits per heavy atom. The Morgan fingerprint density at radius 2 is 1.13 bits per heavy atom. The molecular formula is C12H16FeN2. The maximum atomic E-state index is 6.35. The topological polar surface area (TPSA) is 52.0 Å². The van der Waals surface area contributed by atoms with E-state index in [1.165, 1.54) is 38.5 Å². The second kappa shape index (κ2) is 0.375. The minimum atomic E-state index is -2.97. The van der Waals surface area contributed by atoms with Crippen molar-refractivity contribution in [1.82, 2.24) is 0 Å². The fourth-order valence-electron chi connectivity index (χ4n) is 18.7. The van der Waals surface area contributed by atoms with Gasteiger partial charge in [0.25, 0.3) is 0 Å². The molecule has 10 aliphatic rings. The standard InChI is InChI=1S/C7H11N2.C5H5.Fe/c8-4-6-2-1-3-7(6)5-9;1-2-4-5-3-1;/h1-3H,4-5,8-9H2;1-5H;. The van der Waals surface area contributed by atoms with E-state index >= 15 is 0 Å². The summed E-state index contributed by atoms with van der Waals surface area (Å²) in [6.07, 6.45) is 0. The molecule has 0 aromatic carbocycles. The van der Waals surface area contributed by atoms with Gasteiger partial charge in [-0.15, -0.1) is 0 Å². The van der Waals surface area contributed by atoms with Crippen LogP contribution in [0.15, 0.2) is 0 Å². The Hall–Kier alpha value is 0.439. The van der Waals surface area contributed by atoms with Gasteiger partial charge < -0.3 is 0 Å². The zero-order valence-corrected chi connectivity index (χ0v) is 9.65. The van der Waals surface area contributed by atoms with Crippen molar-refractivity contribution in [2.75, 3.05) is 13.1 Å². The van der Waals surface area contributed by atoms with Gasteiger partial charge in [0.05, 0.1) is 0 Å². The number of fused-ring (bicyclic) bond motifs is 10. The first-order valence-corrected chi connectivity index (χ1v) is 12.9. The van der Waals surface area contributed by atoms with Crippen molar-refractivity contribution < 1.29 is 6.51 Å². The van der Waals surface area contributed by atoms with E-state index in [0.717, 1.165) is 21.7 Å². The average molecular weight is 244 g/mol. The Bertz CT molecular complexity index is 852. The molecule has 0 amide bonds. The molecule has 10 heterocycles. The van der Waals surface area contributed by atoms with Gasteiger partial charge in [-0.1, -0.05) is 0 Å². The van der Waals surface area contributed by atoms with E-state index in [1.807, 2.05) is 0 Å². The second-order valence-corrected chi connectivity index (χ2v) is 33.9. The first-order chi connectivity index (χ1) is 7.06. The Balaban J connectivity index is 1.90. The van der Waals surface area contributed by atoms with Crippen molar-refractivity contribution >= 4 is 0 Å². The molecule has 1 spiro atoms. The van der Waals surface area contributed by atoms with Gasteiger partial charge in [-0.3, -0.25) is 0 Å². The van der Waals surface area contributed by atoms with Gasteiger partial charge in [0.2, 0.25) is 0 Å². The van der Waals surface area contributed by atoms with Crippen LogP contribution in [0.1, 0.15) is 0 Å².